The summed E-state index contributed by atoms with van der Waals surface area (Å²) in [5.74, 6) is -0.871. The first kappa shape index (κ1) is 13.6. The van der Waals surface area contributed by atoms with Crippen molar-refractivity contribution in [2.24, 2.45) is 10.2 Å². The fourth-order valence-electron chi connectivity index (χ4n) is 0.851. The lowest BCUT2D eigenvalue weighted by Crippen LogP contribution is -2.12. The van der Waals surface area contributed by atoms with Gasteiger partial charge in [-0.3, -0.25) is 4.79 Å². The van der Waals surface area contributed by atoms with Crippen LogP contribution in [0.15, 0.2) is 10.2 Å². The third kappa shape index (κ3) is 8.88. The van der Waals surface area contributed by atoms with E-state index in [0.717, 1.165) is 0 Å². The molecule has 5 nitrogen and oxygen atoms in total. The molecule has 0 spiro atoms. The van der Waals surface area contributed by atoms with E-state index in [-0.39, 0.29) is 24.4 Å². The minimum atomic E-state index is -0.871. The van der Waals surface area contributed by atoms with Gasteiger partial charge in [0.1, 0.15) is 0 Å². The molecule has 0 aliphatic carbocycles. The summed E-state index contributed by atoms with van der Waals surface area (Å²) in [6.45, 7) is 5.70. The van der Waals surface area contributed by atoms with Gasteiger partial charge in [0.05, 0.1) is 24.1 Å². The van der Waals surface area contributed by atoms with E-state index in [4.69, 9.17) is 10.4 Å². The van der Waals surface area contributed by atoms with Gasteiger partial charge in [-0.25, -0.2) is 0 Å². The van der Waals surface area contributed by atoms with Crippen molar-refractivity contribution >= 4 is 5.97 Å². The summed E-state index contributed by atoms with van der Waals surface area (Å²) in [4.78, 5) is 10.4. The van der Waals surface area contributed by atoms with Gasteiger partial charge < -0.3 is 5.11 Å². The maximum absolute atomic E-state index is 10.4. The Kier molecular flexibility index (Phi) is 5.53. The lowest BCUT2D eigenvalue weighted by atomic mass is 10.1. The highest BCUT2D eigenvalue weighted by atomic mass is 16.4. The number of carboxylic acids is 1. The van der Waals surface area contributed by atoms with Crippen molar-refractivity contribution in [1.82, 2.24) is 0 Å². The maximum atomic E-state index is 10.4. The average molecular weight is 211 g/mol. The van der Waals surface area contributed by atoms with Crippen LogP contribution in [-0.4, -0.2) is 22.7 Å². The molecule has 0 heterocycles. The molecule has 1 atom stereocenters. The number of azo groups is 1. The number of carbonyl (C=O) groups is 1. The van der Waals surface area contributed by atoms with Crippen LogP contribution in [0.1, 0.15) is 40.0 Å². The maximum Gasteiger partial charge on any atom is 0.303 e. The second kappa shape index (κ2) is 6.12. The summed E-state index contributed by atoms with van der Waals surface area (Å²) in [7, 11) is 0. The SMILES string of the molecule is CC(C)(C)N=NC(CC#N)CCC(=O)O. The zero-order valence-electron chi connectivity index (χ0n) is 9.40. The molecule has 0 aliphatic rings. The van der Waals surface area contributed by atoms with Crippen molar-refractivity contribution in [2.45, 2.75) is 51.6 Å². The van der Waals surface area contributed by atoms with Gasteiger partial charge in [-0.2, -0.15) is 15.5 Å². The lowest BCUT2D eigenvalue weighted by Gasteiger charge is -2.12. The van der Waals surface area contributed by atoms with Gasteiger partial charge in [0.25, 0.3) is 0 Å². The molecule has 0 radical (unpaired) electrons. The molecule has 0 aromatic carbocycles. The van der Waals surface area contributed by atoms with Crippen LogP contribution in [0.4, 0.5) is 0 Å². The number of aliphatic carboxylic acids is 1. The number of nitrogens with zero attached hydrogens (tertiary/aromatic N) is 3. The van der Waals surface area contributed by atoms with Crippen LogP contribution in [0.25, 0.3) is 0 Å². The molecule has 0 fully saturated rings. The van der Waals surface area contributed by atoms with E-state index in [9.17, 15) is 4.79 Å². The van der Waals surface area contributed by atoms with Crippen molar-refractivity contribution < 1.29 is 9.90 Å². The normalized spacial score (nSPS) is 13.7. The van der Waals surface area contributed by atoms with E-state index in [1.807, 2.05) is 26.8 Å². The molecule has 84 valence electrons. The van der Waals surface area contributed by atoms with Crippen molar-refractivity contribution in [1.29, 1.82) is 5.26 Å². The van der Waals surface area contributed by atoms with Crippen LogP contribution in [-0.2, 0) is 4.79 Å². The molecule has 0 saturated carbocycles. The summed E-state index contributed by atoms with van der Waals surface area (Å²) in [5.41, 5.74) is -0.281. The molecule has 1 unspecified atom stereocenters. The topological polar surface area (TPSA) is 85.8 Å². The van der Waals surface area contributed by atoms with Gasteiger partial charge >= 0.3 is 5.97 Å². The molecule has 0 aromatic rings. The first-order chi connectivity index (χ1) is 6.85. The highest BCUT2D eigenvalue weighted by Gasteiger charge is 2.12. The molecular formula is C10H17N3O2. The van der Waals surface area contributed by atoms with Gasteiger partial charge in [0.2, 0.25) is 0 Å². The standard InChI is InChI=1S/C10H17N3O2/c1-10(2,3)13-12-8(6-7-11)4-5-9(14)15/h8H,4-6H2,1-3H3,(H,14,15). The van der Waals surface area contributed by atoms with Crippen molar-refractivity contribution in [3.05, 3.63) is 0 Å². The van der Waals surface area contributed by atoms with Crippen LogP contribution >= 0.6 is 0 Å². The predicted molar refractivity (Wildman–Crippen MR) is 55.5 cm³/mol. The van der Waals surface area contributed by atoms with Gasteiger partial charge in [-0.05, 0) is 27.2 Å². The minimum Gasteiger partial charge on any atom is -0.481 e. The molecule has 0 aliphatic heterocycles. The number of rotatable bonds is 5. The Balaban J connectivity index is 4.22. The monoisotopic (exact) mass is 211 g/mol. The minimum absolute atomic E-state index is 0.0233. The van der Waals surface area contributed by atoms with E-state index >= 15 is 0 Å². The van der Waals surface area contributed by atoms with E-state index in [1.54, 1.807) is 0 Å². The third-order valence-electron chi connectivity index (χ3n) is 1.54. The Morgan fingerprint density at radius 2 is 2.13 bits per heavy atom. The van der Waals surface area contributed by atoms with E-state index < -0.39 is 5.97 Å². The largest absolute Gasteiger partial charge is 0.481 e. The summed E-state index contributed by atoms with van der Waals surface area (Å²) in [5, 5.41) is 25.1. The van der Waals surface area contributed by atoms with E-state index in [1.165, 1.54) is 0 Å². The first-order valence-electron chi connectivity index (χ1n) is 4.86. The Labute approximate surface area is 89.8 Å². The van der Waals surface area contributed by atoms with Crippen molar-refractivity contribution in [3.63, 3.8) is 0 Å². The quantitative estimate of drug-likeness (QED) is 0.708. The smallest absolute Gasteiger partial charge is 0.303 e. The van der Waals surface area contributed by atoms with Gasteiger partial charge in [-0.1, -0.05) is 0 Å². The van der Waals surface area contributed by atoms with Crippen LogP contribution < -0.4 is 0 Å². The molecule has 1 N–H and O–H groups in total. The second-order valence-electron chi connectivity index (χ2n) is 4.33. The second-order valence-corrected chi connectivity index (χ2v) is 4.33. The van der Waals surface area contributed by atoms with Crippen LogP contribution in [0.2, 0.25) is 0 Å². The van der Waals surface area contributed by atoms with Crippen LogP contribution in [0, 0.1) is 11.3 Å². The lowest BCUT2D eigenvalue weighted by molar-refractivity contribution is -0.137. The summed E-state index contributed by atoms with van der Waals surface area (Å²) in [6.07, 6.45) is 0.602. The van der Waals surface area contributed by atoms with E-state index in [2.05, 4.69) is 10.2 Å². The molecular weight excluding hydrogens is 194 g/mol. The highest BCUT2D eigenvalue weighted by molar-refractivity contribution is 5.66. The summed E-state index contributed by atoms with van der Waals surface area (Å²) >= 11 is 0. The molecule has 5 heteroatoms. The fourth-order valence-corrected chi connectivity index (χ4v) is 0.851. The fraction of sp³-hybridized carbons (Fsp3) is 0.800. The van der Waals surface area contributed by atoms with Crippen LogP contribution in [0.3, 0.4) is 0 Å². The Hall–Kier alpha value is -1.44. The van der Waals surface area contributed by atoms with Crippen LogP contribution in [0.5, 0.6) is 0 Å². The average Bonchev–Trinajstić information content (AvgIpc) is 2.08. The molecule has 0 aromatic heterocycles. The first-order valence-corrected chi connectivity index (χ1v) is 4.86. The zero-order chi connectivity index (χ0) is 11.9. The molecule has 0 saturated heterocycles. The predicted octanol–water partition coefficient (Wildman–Crippen LogP) is 2.38. The zero-order valence-corrected chi connectivity index (χ0v) is 9.40. The van der Waals surface area contributed by atoms with Crippen molar-refractivity contribution in [2.75, 3.05) is 0 Å². The summed E-state index contributed by atoms with van der Waals surface area (Å²) < 4.78 is 0. The number of carboxylic acid groups (broad SMARTS) is 1. The number of hydrogen-bond donors (Lipinski definition) is 1. The molecule has 15 heavy (non-hydrogen) atoms. The molecule has 0 rings (SSSR count). The van der Waals surface area contributed by atoms with E-state index in [0.29, 0.717) is 6.42 Å². The number of nitriles is 1. The number of hydrogen-bond acceptors (Lipinski definition) is 4. The Morgan fingerprint density at radius 3 is 2.53 bits per heavy atom. The van der Waals surface area contributed by atoms with Gasteiger partial charge in [-0.15, -0.1) is 0 Å². The Bertz CT molecular complexity index is 273. The summed E-state index contributed by atoms with van der Waals surface area (Å²) in [6, 6.07) is 1.68. The molecule has 0 bridgehead atoms. The van der Waals surface area contributed by atoms with Gasteiger partial charge in [0, 0.05) is 6.42 Å². The molecule has 0 amide bonds. The third-order valence-corrected chi connectivity index (χ3v) is 1.54. The van der Waals surface area contributed by atoms with Gasteiger partial charge in [0.15, 0.2) is 0 Å². The van der Waals surface area contributed by atoms with Crippen molar-refractivity contribution in [3.8, 4) is 6.07 Å². The highest BCUT2D eigenvalue weighted by Crippen LogP contribution is 2.12. The Morgan fingerprint density at radius 1 is 1.53 bits per heavy atom.